The fraction of sp³-hybridized carbons (Fsp3) is 0.263. The van der Waals surface area contributed by atoms with Crippen molar-refractivity contribution in [1.29, 1.82) is 0 Å². The minimum absolute atomic E-state index is 0.0638. The first-order chi connectivity index (χ1) is 12.0. The third-order valence-corrected chi connectivity index (χ3v) is 4.82. The third-order valence-electron chi connectivity index (χ3n) is 4.29. The van der Waals surface area contributed by atoms with Gasteiger partial charge in [0, 0.05) is 29.7 Å². The second kappa shape index (κ2) is 7.80. The lowest BCUT2D eigenvalue weighted by molar-refractivity contribution is -0.126. The Morgan fingerprint density at radius 1 is 1.20 bits per heavy atom. The van der Waals surface area contributed by atoms with Crippen molar-refractivity contribution in [3.63, 3.8) is 0 Å². The van der Waals surface area contributed by atoms with E-state index in [4.69, 9.17) is 0 Å². The van der Waals surface area contributed by atoms with E-state index >= 15 is 0 Å². The lowest BCUT2D eigenvalue weighted by atomic mass is 10.1. The lowest BCUT2D eigenvalue weighted by Crippen LogP contribution is -2.35. The van der Waals surface area contributed by atoms with Gasteiger partial charge in [-0.15, -0.1) is 0 Å². The molecule has 5 nitrogen and oxygen atoms in total. The topological polar surface area (TPSA) is 69.6 Å². The van der Waals surface area contributed by atoms with E-state index in [1.807, 2.05) is 54.6 Å². The smallest absolute Gasteiger partial charge is 0.227 e. The predicted octanol–water partition coefficient (Wildman–Crippen LogP) is 2.65. The van der Waals surface area contributed by atoms with E-state index in [-0.39, 0.29) is 24.8 Å². The highest BCUT2D eigenvalue weighted by molar-refractivity contribution is 9.10. The summed E-state index contributed by atoms with van der Waals surface area (Å²) in [6, 6.07) is 16.6. The summed E-state index contributed by atoms with van der Waals surface area (Å²) in [5.74, 6) is -0.673. The number of nitrogens with one attached hydrogen (secondary N) is 1. The molecule has 0 aliphatic carbocycles. The van der Waals surface area contributed by atoms with Crippen LogP contribution < -0.4 is 10.2 Å². The van der Waals surface area contributed by atoms with Crippen molar-refractivity contribution in [2.75, 3.05) is 18.0 Å². The first-order valence-electron chi connectivity index (χ1n) is 8.11. The molecule has 2 aromatic rings. The van der Waals surface area contributed by atoms with Gasteiger partial charge in [-0.3, -0.25) is 9.59 Å². The van der Waals surface area contributed by atoms with Gasteiger partial charge in [0.25, 0.3) is 0 Å². The van der Waals surface area contributed by atoms with Crippen molar-refractivity contribution < 1.29 is 14.7 Å². The van der Waals surface area contributed by atoms with Crippen LogP contribution in [-0.4, -0.2) is 30.0 Å². The second-order valence-corrected chi connectivity index (χ2v) is 6.97. The van der Waals surface area contributed by atoms with E-state index < -0.39 is 12.0 Å². The highest BCUT2D eigenvalue weighted by Crippen LogP contribution is 2.26. The van der Waals surface area contributed by atoms with Crippen LogP contribution in [-0.2, 0) is 9.59 Å². The quantitative estimate of drug-likeness (QED) is 0.807. The monoisotopic (exact) mass is 402 g/mol. The van der Waals surface area contributed by atoms with Gasteiger partial charge >= 0.3 is 0 Å². The van der Waals surface area contributed by atoms with Gasteiger partial charge < -0.3 is 15.3 Å². The number of carbonyl (C=O) groups is 2. The number of rotatable bonds is 5. The minimum atomic E-state index is -0.759. The standard InChI is InChI=1S/C19H19BrN2O3/c20-15-6-8-16(9-7-15)22-12-14(10-18(22)24)19(25)21-11-17(23)13-4-2-1-3-5-13/h1-9,14,17,23H,10-12H2,(H,21,25)/t14-,17+/m1/s1. The largest absolute Gasteiger partial charge is 0.387 e. The SMILES string of the molecule is O=C(NC[C@H](O)c1ccccc1)[C@@H]1CC(=O)N(c2ccc(Br)cc2)C1. The van der Waals surface area contributed by atoms with E-state index in [2.05, 4.69) is 21.2 Å². The number of aliphatic hydroxyl groups is 1. The molecule has 25 heavy (non-hydrogen) atoms. The molecule has 1 saturated heterocycles. The highest BCUT2D eigenvalue weighted by atomic mass is 79.9. The Labute approximate surface area is 154 Å². The van der Waals surface area contributed by atoms with Gasteiger partial charge in [0.15, 0.2) is 0 Å². The Morgan fingerprint density at radius 2 is 1.88 bits per heavy atom. The Morgan fingerprint density at radius 3 is 2.56 bits per heavy atom. The number of carbonyl (C=O) groups excluding carboxylic acids is 2. The second-order valence-electron chi connectivity index (χ2n) is 6.05. The van der Waals surface area contributed by atoms with Gasteiger partial charge in [0.05, 0.1) is 12.0 Å². The normalized spacial score (nSPS) is 18.2. The summed E-state index contributed by atoms with van der Waals surface area (Å²) >= 11 is 3.37. The summed E-state index contributed by atoms with van der Waals surface area (Å²) in [6.07, 6.45) is -0.576. The molecule has 6 heteroatoms. The molecule has 2 amide bonds. The maximum Gasteiger partial charge on any atom is 0.227 e. The Kier molecular flexibility index (Phi) is 5.50. The molecule has 2 atom stereocenters. The molecular weight excluding hydrogens is 384 g/mol. The molecule has 0 unspecified atom stereocenters. The molecule has 1 aliphatic heterocycles. The number of aliphatic hydroxyl groups excluding tert-OH is 1. The van der Waals surface area contributed by atoms with Crippen LogP contribution >= 0.6 is 15.9 Å². The first-order valence-corrected chi connectivity index (χ1v) is 8.90. The molecule has 1 heterocycles. The number of hydrogen-bond acceptors (Lipinski definition) is 3. The van der Waals surface area contributed by atoms with Crippen LogP contribution in [0.1, 0.15) is 18.1 Å². The molecule has 3 rings (SSSR count). The molecule has 2 N–H and O–H groups in total. The van der Waals surface area contributed by atoms with Crippen molar-refractivity contribution >= 4 is 33.4 Å². The van der Waals surface area contributed by atoms with Gasteiger partial charge in [0.1, 0.15) is 0 Å². The van der Waals surface area contributed by atoms with Crippen LogP contribution in [0, 0.1) is 5.92 Å². The summed E-state index contributed by atoms with van der Waals surface area (Å²) in [7, 11) is 0. The minimum Gasteiger partial charge on any atom is -0.387 e. The van der Waals surface area contributed by atoms with Gasteiger partial charge in [-0.25, -0.2) is 0 Å². The van der Waals surface area contributed by atoms with Crippen molar-refractivity contribution in [2.45, 2.75) is 12.5 Å². The van der Waals surface area contributed by atoms with Crippen LogP contribution in [0.4, 0.5) is 5.69 Å². The summed E-state index contributed by atoms with van der Waals surface area (Å²) < 4.78 is 0.937. The molecule has 0 aromatic heterocycles. The molecule has 130 valence electrons. The van der Waals surface area contributed by atoms with E-state index in [0.29, 0.717) is 6.54 Å². The van der Waals surface area contributed by atoms with Gasteiger partial charge in [-0.2, -0.15) is 0 Å². The van der Waals surface area contributed by atoms with E-state index in [9.17, 15) is 14.7 Å². The average molecular weight is 403 g/mol. The molecule has 1 aliphatic rings. The van der Waals surface area contributed by atoms with Crippen LogP contribution in [0.3, 0.4) is 0 Å². The molecular formula is C19H19BrN2O3. The molecule has 0 spiro atoms. The van der Waals surface area contributed by atoms with E-state index in [1.54, 1.807) is 4.90 Å². The summed E-state index contributed by atoms with van der Waals surface area (Å²) in [5, 5.41) is 12.9. The highest BCUT2D eigenvalue weighted by Gasteiger charge is 2.35. The van der Waals surface area contributed by atoms with Gasteiger partial charge in [0.2, 0.25) is 11.8 Å². The Balaban J connectivity index is 1.56. The van der Waals surface area contributed by atoms with Crippen molar-refractivity contribution in [2.24, 2.45) is 5.92 Å². The molecule has 1 fully saturated rings. The zero-order valence-electron chi connectivity index (χ0n) is 13.6. The van der Waals surface area contributed by atoms with Gasteiger partial charge in [-0.05, 0) is 29.8 Å². The number of benzene rings is 2. The van der Waals surface area contributed by atoms with Crippen molar-refractivity contribution in [3.05, 3.63) is 64.6 Å². The summed E-state index contributed by atoms with van der Waals surface area (Å²) in [5.41, 5.74) is 1.54. The Bertz CT molecular complexity index is 749. The Hall–Kier alpha value is -2.18. The first kappa shape index (κ1) is 17.6. The number of hydrogen-bond donors (Lipinski definition) is 2. The zero-order valence-corrected chi connectivity index (χ0v) is 15.1. The fourth-order valence-corrected chi connectivity index (χ4v) is 3.15. The third kappa shape index (κ3) is 4.27. The molecule has 0 bridgehead atoms. The number of amides is 2. The number of anilines is 1. The maximum absolute atomic E-state index is 12.3. The summed E-state index contributed by atoms with van der Waals surface area (Å²) in [6.45, 7) is 0.486. The van der Waals surface area contributed by atoms with Crippen LogP contribution in [0.2, 0.25) is 0 Å². The molecule has 0 radical (unpaired) electrons. The van der Waals surface area contributed by atoms with Crippen LogP contribution in [0.5, 0.6) is 0 Å². The van der Waals surface area contributed by atoms with Gasteiger partial charge in [-0.1, -0.05) is 46.3 Å². The molecule has 2 aromatic carbocycles. The predicted molar refractivity (Wildman–Crippen MR) is 99.0 cm³/mol. The zero-order chi connectivity index (χ0) is 17.8. The van der Waals surface area contributed by atoms with Crippen LogP contribution in [0.25, 0.3) is 0 Å². The van der Waals surface area contributed by atoms with Crippen molar-refractivity contribution in [3.8, 4) is 0 Å². The van der Waals surface area contributed by atoms with Crippen LogP contribution in [0.15, 0.2) is 59.1 Å². The fourth-order valence-electron chi connectivity index (χ4n) is 2.89. The molecule has 0 saturated carbocycles. The number of halogens is 1. The summed E-state index contributed by atoms with van der Waals surface area (Å²) in [4.78, 5) is 26.2. The average Bonchev–Trinajstić information content (AvgIpc) is 3.02. The number of nitrogens with zero attached hydrogens (tertiary/aromatic N) is 1. The lowest BCUT2D eigenvalue weighted by Gasteiger charge is -2.17. The van der Waals surface area contributed by atoms with E-state index in [0.717, 1.165) is 15.7 Å². The van der Waals surface area contributed by atoms with Crippen molar-refractivity contribution in [1.82, 2.24) is 5.32 Å². The van der Waals surface area contributed by atoms with E-state index in [1.165, 1.54) is 0 Å². The maximum atomic E-state index is 12.3.